The predicted molar refractivity (Wildman–Crippen MR) is 128 cm³/mol. The van der Waals surface area contributed by atoms with E-state index in [2.05, 4.69) is 5.32 Å². The van der Waals surface area contributed by atoms with E-state index in [4.69, 9.17) is 23.2 Å². The van der Waals surface area contributed by atoms with E-state index in [-0.39, 0.29) is 27.6 Å². The van der Waals surface area contributed by atoms with E-state index in [0.717, 1.165) is 23.3 Å². The molecule has 1 fully saturated rings. The maximum Gasteiger partial charge on any atom is 0.418 e. The second kappa shape index (κ2) is 9.90. The SMILES string of the molecule is O=C(Nc1ccc(Cl)cc1C(F)(F)F)c1ccc([C@H]2SCC(=O)N2Cc2ccc(Cl)cc2)cc1. The van der Waals surface area contributed by atoms with Crippen molar-refractivity contribution in [1.82, 2.24) is 4.90 Å². The number of amides is 2. The second-order valence-electron chi connectivity index (χ2n) is 7.58. The standard InChI is InChI=1S/C24H17Cl2F3N2O2S/c25-17-7-1-14(2-8-17)12-31-21(32)13-34-23(31)16-5-3-15(4-6-16)22(33)30-20-10-9-18(26)11-19(20)24(27,28)29/h1-11,23H,12-13H2,(H,30,33)/t23-/m1/s1. The number of hydrogen-bond donors (Lipinski definition) is 1. The van der Waals surface area contributed by atoms with Gasteiger partial charge in [-0.15, -0.1) is 11.8 Å². The fourth-order valence-electron chi connectivity index (χ4n) is 3.54. The first-order chi connectivity index (χ1) is 16.1. The monoisotopic (exact) mass is 524 g/mol. The van der Waals surface area contributed by atoms with Crippen LogP contribution < -0.4 is 5.32 Å². The summed E-state index contributed by atoms with van der Waals surface area (Å²) < 4.78 is 39.9. The minimum atomic E-state index is -4.67. The summed E-state index contributed by atoms with van der Waals surface area (Å²) in [4.78, 5) is 26.8. The van der Waals surface area contributed by atoms with Gasteiger partial charge in [0, 0.05) is 22.2 Å². The Morgan fingerprint density at radius 3 is 2.29 bits per heavy atom. The molecular formula is C24H17Cl2F3N2O2S. The van der Waals surface area contributed by atoms with E-state index < -0.39 is 17.6 Å². The number of thioether (sulfide) groups is 1. The molecule has 1 heterocycles. The van der Waals surface area contributed by atoms with Crippen molar-refractivity contribution in [2.45, 2.75) is 18.1 Å². The van der Waals surface area contributed by atoms with Crippen molar-refractivity contribution >= 4 is 52.5 Å². The molecule has 176 valence electrons. The highest BCUT2D eigenvalue weighted by Crippen LogP contribution is 2.40. The molecule has 0 saturated carbocycles. The number of rotatable bonds is 5. The highest BCUT2D eigenvalue weighted by molar-refractivity contribution is 8.00. The molecule has 1 N–H and O–H groups in total. The first kappa shape index (κ1) is 24.4. The maximum atomic E-state index is 13.3. The third-order valence-corrected chi connectivity index (χ3v) is 6.97. The van der Waals surface area contributed by atoms with E-state index >= 15 is 0 Å². The van der Waals surface area contributed by atoms with E-state index in [1.807, 2.05) is 12.1 Å². The quantitative estimate of drug-likeness (QED) is 0.389. The Morgan fingerprint density at radius 1 is 1.00 bits per heavy atom. The first-order valence-corrected chi connectivity index (χ1v) is 11.9. The summed E-state index contributed by atoms with van der Waals surface area (Å²) in [7, 11) is 0. The highest BCUT2D eigenvalue weighted by Gasteiger charge is 2.35. The summed E-state index contributed by atoms with van der Waals surface area (Å²) in [5.41, 5.74) is 0.527. The first-order valence-electron chi connectivity index (χ1n) is 10.1. The van der Waals surface area contributed by atoms with Crippen LogP contribution >= 0.6 is 35.0 Å². The summed E-state index contributed by atoms with van der Waals surface area (Å²) in [5, 5.41) is 2.59. The van der Waals surface area contributed by atoms with Crippen LogP contribution in [0.5, 0.6) is 0 Å². The normalized spacial score (nSPS) is 16.1. The second-order valence-corrected chi connectivity index (χ2v) is 9.52. The lowest BCUT2D eigenvalue weighted by Crippen LogP contribution is -2.27. The number of anilines is 1. The Balaban J connectivity index is 1.50. The van der Waals surface area contributed by atoms with Crippen LogP contribution in [0.4, 0.5) is 18.9 Å². The summed E-state index contributed by atoms with van der Waals surface area (Å²) in [6.07, 6.45) is -4.67. The molecule has 3 aromatic rings. The van der Waals surface area contributed by atoms with Crippen molar-refractivity contribution in [3.8, 4) is 0 Å². The van der Waals surface area contributed by atoms with Crippen LogP contribution in [0, 0.1) is 0 Å². The molecule has 1 atom stereocenters. The van der Waals surface area contributed by atoms with Gasteiger partial charge in [0.05, 0.1) is 17.0 Å². The smallest absolute Gasteiger partial charge is 0.322 e. The third kappa shape index (κ3) is 5.51. The lowest BCUT2D eigenvalue weighted by atomic mass is 10.1. The Labute approximate surface area is 208 Å². The number of hydrogen-bond acceptors (Lipinski definition) is 3. The van der Waals surface area contributed by atoms with Gasteiger partial charge in [-0.25, -0.2) is 0 Å². The molecule has 2 amide bonds. The molecule has 0 aliphatic carbocycles. The molecule has 1 aliphatic rings. The van der Waals surface area contributed by atoms with Crippen LogP contribution in [0.25, 0.3) is 0 Å². The average molecular weight is 525 g/mol. The summed E-state index contributed by atoms with van der Waals surface area (Å²) >= 11 is 13.1. The molecule has 34 heavy (non-hydrogen) atoms. The van der Waals surface area contributed by atoms with Gasteiger partial charge in [0.1, 0.15) is 5.37 Å². The molecule has 1 aliphatic heterocycles. The molecule has 4 rings (SSSR count). The number of benzene rings is 3. The van der Waals surface area contributed by atoms with Gasteiger partial charge in [0.15, 0.2) is 0 Å². The molecule has 0 unspecified atom stereocenters. The van der Waals surface area contributed by atoms with Crippen molar-refractivity contribution < 1.29 is 22.8 Å². The van der Waals surface area contributed by atoms with E-state index in [1.165, 1.54) is 30.0 Å². The van der Waals surface area contributed by atoms with Gasteiger partial charge in [-0.1, -0.05) is 47.5 Å². The van der Waals surface area contributed by atoms with Crippen molar-refractivity contribution in [2.24, 2.45) is 0 Å². The molecule has 0 spiro atoms. The van der Waals surface area contributed by atoms with Crippen molar-refractivity contribution in [2.75, 3.05) is 11.1 Å². The van der Waals surface area contributed by atoms with Crippen LogP contribution in [0.2, 0.25) is 10.0 Å². The van der Waals surface area contributed by atoms with Gasteiger partial charge in [0.2, 0.25) is 5.91 Å². The number of nitrogens with one attached hydrogen (secondary N) is 1. The van der Waals surface area contributed by atoms with Crippen LogP contribution in [-0.2, 0) is 17.5 Å². The van der Waals surface area contributed by atoms with E-state index in [9.17, 15) is 22.8 Å². The lowest BCUT2D eigenvalue weighted by molar-refractivity contribution is -0.137. The van der Waals surface area contributed by atoms with Gasteiger partial charge in [-0.2, -0.15) is 13.2 Å². The fourth-order valence-corrected chi connectivity index (χ4v) is 5.03. The fraction of sp³-hybridized carbons (Fsp3) is 0.167. The average Bonchev–Trinajstić information content (AvgIpc) is 3.16. The Kier molecular flexibility index (Phi) is 7.12. The Hall–Kier alpha value is -2.68. The zero-order valence-electron chi connectivity index (χ0n) is 17.4. The van der Waals surface area contributed by atoms with Crippen molar-refractivity contribution in [3.05, 3.63) is 99.0 Å². The molecule has 1 saturated heterocycles. The predicted octanol–water partition coefficient (Wildman–Crippen LogP) is 7.04. The van der Waals surface area contributed by atoms with Gasteiger partial charge < -0.3 is 10.2 Å². The van der Waals surface area contributed by atoms with Gasteiger partial charge in [0.25, 0.3) is 5.91 Å². The zero-order chi connectivity index (χ0) is 24.5. The lowest BCUT2D eigenvalue weighted by Gasteiger charge is -2.24. The van der Waals surface area contributed by atoms with Crippen LogP contribution in [0.15, 0.2) is 66.7 Å². The van der Waals surface area contributed by atoms with Gasteiger partial charge in [-0.3, -0.25) is 9.59 Å². The maximum absolute atomic E-state index is 13.3. The number of carbonyl (C=O) groups is 2. The zero-order valence-corrected chi connectivity index (χ0v) is 19.7. The summed E-state index contributed by atoms with van der Waals surface area (Å²) in [6, 6.07) is 16.9. The minimum Gasteiger partial charge on any atom is -0.322 e. The Bertz CT molecular complexity index is 1220. The summed E-state index contributed by atoms with van der Waals surface area (Å²) in [5.74, 6) is -0.362. The molecule has 10 heteroatoms. The number of alkyl halides is 3. The third-order valence-electron chi connectivity index (χ3n) is 5.23. The van der Waals surface area contributed by atoms with E-state index in [0.29, 0.717) is 17.3 Å². The summed E-state index contributed by atoms with van der Waals surface area (Å²) in [6.45, 7) is 0.409. The van der Waals surface area contributed by atoms with Crippen LogP contribution in [0.3, 0.4) is 0 Å². The molecule has 3 aromatic carbocycles. The van der Waals surface area contributed by atoms with Crippen molar-refractivity contribution in [3.63, 3.8) is 0 Å². The van der Waals surface area contributed by atoms with E-state index in [1.54, 1.807) is 29.2 Å². The molecular weight excluding hydrogens is 508 g/mol. The topological polar surface area (TPSA) is 49.4 Å². The van der Waals surface area contributed by atoms with Gasteiger partial charge >= 0.3 is 6.18 Å². The Morgan fingerprint density at radius 2 is 1.65 bits per heavy atom. The largest absolute Gasteiger partial charge is 0.418 e. The van der Waals surface area contributed by atoms with Gasteiger partial charge in [-0.05, 0) is 53.6 Å². The minimum absolute atomic E-state index is 0.00538. The molecule has 0 radical (unpaired) electrons. The molecule has 0 aromatic heterocycles. The number of nitrogens with zero attached hydrogens (tertiary/aromatic N) is 1. The van der Waals surface area contributed by atoms with Crippen molar-refractivity contribution in [1.29, 1.82) is 0 Å². The number of carbonyl (C=O) groups excluding carboxylic acids is 2. The highest BCUT2D eigenvalue weighted by atomic mass is 35.5. The van der Waals surface area contributed by atoms with Crippen LogP contribution in [-0.4, -0.2) is 22.5 Å². The molecule has 0 bridgehead atoms. The van der Waals surface area contributed by atoms with Crippen LogP contribution in [0.1, 0.15) is 32.4 Å². The number of halogens is 5. The molecule has 4 nitrogen and oxygen atoms in total.